The standard InChI is InChI=1S/C18H21N3O4S/c1-9-6-7-12(25-9)11(3)19-16(22)15-10(2)14-17(24-5)20-13(8-23-4)21-18(14)26-15/h6-7,11H,8H2,1-5H3,(H,19,22). The molecule has 0 aliphatic rings. The van der Waals surface area contributed by atoms with E-state index >= 15 is 0 Å². The maximum absolute atomic E-state index is 12.8. The van der Waals surface area contributed by atoms with Crippen LogP contribution in [0.25, 0.3) is 10.2 Å². The van der Waals surface area contributed by atoms with E-state index in [2.05, 4.69) is 15.3 Å². The number of nitrogens with zero attached hydrogens (tertiary/aromatic N) is 2. The van der Waals surface area contributed by atoms with Crippen LogP contribution in [0.1, 0.15) is 45.5 Å². The van der Waals surface area contributed by atoms with Gasteiger partial charge in [0.15, 0.2) is 5.82 Å². The van der Waals surface area contributed by atoms with Crippen molar-refractivity contribution in [3.63, 3.8) is 0 Å². The van der Waals surface area contributed by atoms with Gasteiger partial charge in [-0.25, -0.2) is 4.98 Å². The third-order valence-electron chi connectivity index (χ3n) is 4.01. The number of amides is 1. The normalized spacial score (nSPS) is 12.3. The number of ether oxygens (including phenoxy) is 2. The summed E-state index contributed by atoms with van der Waals surface area (Å²) >= 11 is 1.31. The van der Waals surface area contributed by atoms with Crippen LogP contribution in [0.2, 0.25) is 0 Å². The second-order valence-electron chi connectivity index (χ2n) is 5.96. The number of hydrogen-bond acceptors (Lipinski definition) is 7. The molecule has 3 heterocycles. The Bertz CT molecular complexity index is 947. The summed E-state index contributed by atoms with van der Waals surface area (Å²) in [5, 5.41) is 3.72. The number of nitrogens with one attached hydrogen (secondary N) is 1. The van der Waals surface area contributed by atoms with Gasteiger partial charge < -0.3 is 19.2 Å². The quantitative estimate of drug-likeness (QED) is 0.709. The molecule has 8 heteroatoms. The van der Waals surface area contributed by atoms with Gasteiger partial charge in [-0.1, -0.05) is 0 Å². The van der Waals surface area contributed by atoms with Crippen LogP contribution in [0.15, 0.2) is 16.5 Å². The van der Waals surface area contributed by atoms with E-state index in [4.69, 9.17) is 13.9 Å². The summed E-state index contributed by atoms with van der Waals surface area (Å²) in [5.74, 6) is 2.32. The van der Waals surface area contributed by atoms with Crippen molar-refractivity contribution in [3.05, 3.63) is 39.9 Å². The zero-order valence-electron chi connectivity index (χ0n) is 15.4. The molecule has 0 saturated carbocycles. The number of carbonyl (C=O) groups is 1. The Labute approximate surface area is 155 Å². The zero-order chi connectivity index (χ0) is 18.8. The number of methoxy groups -OCH3 is 2. The summed E-state index contributed by atoms with van der Waals surface area (Å²) in [6, 6.07) is 3.50. The number of aryl methyl sites for hydroxylation is 2. The maximum Gasteiger partial charge on any atom is 0.262 e. The van der Waals surface area contributed by atoms with Crippen LogP contribution in [0.3, 0.4) is 0 Å². The van der Waals surface area contributed by atoms with Crippen LogP contribution < -0.4 is 10.1 Å². The van der Waals surface area contributed by atoms with Crippen molar-refractivity contribution < 1.29 is 18.7 Å². The second kappa shape index (κ2) is 7.43. The number of rotatable bonds is 6. The van der Waals surface area contributed by atoms with Gasteiger partial charge in [-0.15, -0.1) is 11.3 Å². The summed E-state index contributed by atoms with van der Waals surface area (Å²) in [5.41, 5.74) is 0.797. The molecule has 3 rings (SSSR count). The van der Waals surface area contributed by atoms with Gasteiger partial charge in [-0.3, -0.25) is 4.79 Å². The molecule has 0 aliphatic heterocycles. The molecule has 0 aromatic carbocycles. The van der Waals surface area contributed by atoms with E-state index in [1.807, 2.05) is 32.9 Å². The number of furan rings is 1. The zero-order valence-corrected chi connectivity index (χ0v) is 16.2. The Balaban J connectivity index is 1.94. The summed E-state index contributed by atoms with van der Waals surface area (Å²) in [4.78, 5) is 22.9. The summed E-state index contributed by atoms with van der Waals surface area (Å²) in [6.07, 6.45) is 0. The predicted octanol–water partition coefficient (Wildman–Crippen LogP) is 3.55. The first-order valence-electron chi connectivity index (χ1n) is 8.14. The minimum atomic E-state index is -0.238. The number of carbonyl (C=O) groups excluding carboxylic acids is 1. The van der Waals surface area contributed by atoms with E-state index in [0.717, 1.165) is 22.5 Å². The monoisotopic (exact) mass is 375 g/mol. The van der Waals surface area contributed by atoms with Crippen molar-refractivity contribution in [2.24, 2.45) is 0 Å². The third-order valence-corrected chi connectivity index (χ3v) is 5.20. The van der Waals surface area contributed by atoms with Crippen LogP contribution >= 0.6 is 11.3 Å². The molecule has 0 saturated heterocycles. The molecule has 26 heavy (non-hydrogen) atoms. The van der Waals surface area contributed by atoms with Gasteiger partial charge in [0, 0.05) is 7.11 Å². The molecule has 0 fully saturated rings. The Morgan fingerprint density at radius 2 is 2.08 bits per heavy atom. The first-order chi connectivity index (χ1) is 12.4. The topological polar surface area (TPSA) is 86.5 Å². The van der Waals surface area contributed by atoms with Gasteiger partial charge in [0.25, 0.3) is 5.91 Å². The lowest BCUT2D eigenvalue weighted by molar-refractivity contribution is 0.0939. The van der Waals surface area contributed by atoms with Gasteiger partial charge in [0.2, 0.25) is 5.88 Å². The van der Waals surface area contributed by atoms with Gasteiger partial charge in [0.05, 0.1) is 23.4 Å². The second-order valence-corrected chi connectivity index (χ2v) is 6.96. The molecule has 0 spiro atoms. The van der Waals surface area contributed by atoms with Crippen molar-refractivity contribution in [3.8, 4) is 5.88 Å². The molecule has 138 valence electrons. The number of hydrogen-bond donors (Lipinski definition) is 1. The number of thiophene rings is 1. The van der Waals surface area contributed by atoms with E-state index in [1.165, 1.54) is 11.3 Å². The molecular weight excluding hydrogens is 354 g/mol. The van der Waals surface area contributed by atoms with Gasteiger partial charge in [-0.2, -0.15) is 4.98 Å². The van der Waals surface area contributed by atoms with E-state index in [9.17, 15) is 4.79 Å². The predicted molar refractivity (Wildman–Crippen MR) is 98.7 cm³/mol. The minimum absolute atomic E-state index is 0.178. The van der Waals surface area contributed by atoms with Crippen molar-refractivity contribution >= 4 is 27.5 Å². The molecule has 1 N–H and O–H groups in total. The Morgan fingerprint density at radius 1 is 1.31 bits per heavy atom. The SMILES string of the molecule is COCc1nc(OC)c2c(C)c(C(=O)NC(C)c3ccc(C)o3)sc2n1. The molecular formula is C18H21N3O4S. The number of aromatic nitrogens is 2. The van der Waals surface area contributed by atoms with Crippen LogP contribution in [0, 0.1) is 13.8 Å². The fourth-order valence-electron chi connectivity index (χ4n) is 2.72. The molecule has 7 nitrogen and oxygen atoms in total. The van der Waals surface area contributed by atoms with E-state index in [1.54, 1.807) is 14.2 Å². The average molecular weight is 375 g/mol. The highest BCUT2D eigenvalue weighted by molar-refractivity contribution is 7.20. The lowest BCUT2D eigenvalue weighted by Gasteiger charge is -2.11. The summed E-state index contributed by atoms with van der Waals surface area (Å²) < 4.78 is 16.1. The van der Waals surface area contributed by atoms with Crippen molar-refractivity contribution in [1.82, 2.24) is 15.3 Å². The molecule has 0 radical (unpaired) electrons. The maximum atomic E-state index is 12.8. The highest BCUT2D eigenvalue weighted by Crippen LogP contribution is 2.35. The van der Waals surface area contributed by atoms with Crippen LogP contribution in [-0.4, -0.2) is 30.1 Å². The van der Waals surface area contributed by atoms with Crippen LogP contribution in [0.5, 0.6) is 5.88 Å². The van der Waals surface area contributed by atoms with Crippen molar-refractivity contribution in [2.75, 3.05) is 14.2 Å². The first kappa shape index (κ1) is 18.3. The third kappa shape index (κ3) is 3.42. The lowest BCUT2D eigenvalue weighted by atomic mass is 10.2. The summed E-state index contributed by atoms with van der Waals surface area (Å²) in [6.45, 7) is 5.91. The fourth-order valence-corrected chi connectivity index (χ4v) is 3.82. The molecule has 3 aromatic heterocycles. The molecule has 0 bridgehead atoms. The molecule has 1 unspecified atom stereocenters. The molecule has 1 amide bonds. The number of fused-ring (bicyclic) bond motifs is 1. The largest absolute Gasteiger partial charge is 0.480 e. The average Bonchev–Trinajstić information content (AvgIpc) is 3.18. The highest BCUT2D eigenvalue weighted by Gasteiger charge is 2.23. The van der Waals surface area contributed by atoms with Crippen LogP contribution in [-0.2, 0) is 11.3 Å². The first-order valence-corrected chi connectivity index (χ1v) is 8.96. The van der Waals surface area contributed by atoms with E-state index in [0.29, 0.717) is 21.4 Å². The van der Waals surface area contributed by atoms with Gasteiger partial charge in [-0.05, 0) is 38.5 Å². The Kier molecular flexibility index (Phi) is 5.24. The van der Waals surface area contributed by atoms with E-state index < -0.39 is 0 Å². The Hall–Kier alpha value is -2.45. The smallest absolute Gasteiger partial charge is 0.262 e. The van der Waals surface area contributed by atoms with Crippen molar-refractivity contribution in [2.45, 2.75) is 33.4 Å². The van der Waals surface area contributed by atoms with Crippen molar-refractivity contribution in [1.29, 1.82) is 0 Å². The molecule has 0 aliphatic carbocycles. The fraction of sp³-hybridized carbons (Fsp3) is 0.389. The lowest BCUT2D eigenvalue weighted by Crippen LogP contribution is -2.26. The summed E-state index contributed by atoms with van der Waals surface area (Å²) in [7, 11) is 3.13. The van der Waals surface area contributed by atoms with Gasteiger partial charge >= 0.3 is 0 Å². The highest BCUT2D eigenvalue weighted by atomic mass is 32.1. The van der Waals surface area contributed by atoms with E-state index in [-0.39, 0.29) is 18.6 Å². The Morgan fingerprint density at radius 3 is 2.69 bits per heavy atom. The minimum Gasteiger partial charge on any atom is -0.480 e. The van der Waals surface area contributed by atoms with Gasteiger partial charge in [0.1, 0.15) is 23.0 Å². The molecule has 1 atom stereocenters. The molecule has 3 aromatic rings. The van der Waals surface area contributed by atoms with Crippen LogP contribution in [0.4, 0.5) is 0 Å².